The number of hydrogen-bond donors (Lipinski definition) is 0. The molecule has 0 fully saturated rings. The second-order valence-corrected chi connectivity index (χ2v) is 3.65. The molecule has 0 unspecified atom stereocenters. The van der Waals surface area contributed by atoms with Crippen molar-refractivity contribution in [3.8, 4) is 0 Å². The summed E-state index contributed by atoms with van der Waals surface area (Å²) in [6.45, 7) is 4.58. The van der Waals surface area contributed by atoms with Gasteiger partial charge in [-0.05, 0) is 24.7 Å². The zero-order valence-electron chi connectivity index (χ0n) is 6.28. The lowest BCUT2D eigenvalue weighted by Crippen LogP contribution is -2.14. The van der Waals surface area contributed by atoms with Gasteiger partial charge in [-0.1, -0.05) is 19.9 Å². The molecule has 9 heavy (non-hydrogen) atoms. The van der Waals surface area contributed by atoms with Crippen molar-refractivity contribution in [2.45, 2.75) is 33.1 Å². The Kier molecular flexibility index (Phi) is 1.69. The van der Waals surface area contributed by atoms with Gasteiger partial charge in [0.25, 0.3) is 0 Å². The van der Waals surface area contributed by atoms with E-state index in [1.807, 2.05) is 0 Å². The molecule has 48 valence electrons. The van der Waals surface area contributed by atoms with Crippen molar-refractivity contribution < 1.29 is 0 Å². The minimum atomic E-state index is 0.503. The Labute approximate surface area is 58.8 Å². The molecule has 1 heteroatoms. The lowest BCUT2D eigenvalue weighted by atomic mass is 9.73. The van der Waals surface area contributed by atoms with Gasteiger partial charge in [-0.2, -0.15) is 0 Å². The highest BCUT2D eigenvalue weighted by molar-refractivity contribution is 6.21. The maximum atomic E-state index is 5.62. The van der Waals surface area contributed by atoms with E-state index in [0.717, 1.165) is 18.3 Å². The van der Waals surface area contributed by atoms with Crippen LogP contribution in [0.2, 0.25) is 0 Å². The van der Waals surface area contributed by atoms with Crippen molar-refractivity contribution in [1.82, 2.24) is 0 Å². The maximum absolute atomic E-state index is 5.62. The Hall–Kier alpha value is -0.195. The number of hydrogen-bond acceptors (Lipinski definition) is 0. The van der Waals surface area contributed by atoms with E-state index in [-0.39, 0.29) is 0 Å². The van der Waals surface area contributed by atoms with Crippen LogP contribution in [0.5, 0.6) is 0 Å². The standard InChI is InChI=1S/C8H13B/c1-8(2)5-3-7(9)4-6-8/h3H,4-6H2,1-2H3. The van der Waals surface area contributed by atoms with Crippen LogP contribution in [0, 0.1) is 5.41 Å². The molecule has 0 N–H and O–H groups in total. The Morgan fingerprint density at radius 1 is 1.56 bits per heavy atom. The summed E-state index contributed by atoms with van der Waals surface area (Å²) in [5.41, 5.74) is 1.58. The molecule has 0 saturated heterocycles. The summed E-state index contributed by atoms with van der Waals surface area (Å²) < 4.78 is 0. The minimum Gasteiger partial charge on any atom is -0.122 e. The Morgan fingerprint density at radius 3 is 2.56 bits per heavy atom. The van der Waals surface area contributed by atoms with Crippen LogP contribution in [0.4, 0.5) is 0 Å². The Morgan fingerprint density at radius 2 is 2.22 bits per heavy atom. The molecular formula is C8H13B. The van der Waals surface area contributed by atoms with Gasteiger partial charge in [-0.15, -0.1) is 5.47 Å². The molecule has 2 radical (unpaired) electrons. The summed E-state index contributed by atoms with van der Waals surface area (Å²) in [6.07, 6.45) is 5.64. The Balaban J connectivity index is 2.56. The van der Waals surface area contributed by atoms with Crippen LogP contribution in [-0.2, 0) is 0 Å². The van der Waals surface area contributed by atoms with Gasteiger partial charge in [-0.25, -0.2) is 0 Å². The van der Waals surface area contributed by atoms with Crippen LogP contribution in [-0.4, -0.2) is 7.85 Å². The van der Waals surface area contributed by atoms with E-state index in [4.69, 9.17) is 7.85 Å². The van der Waals surface area contributed by atoms with Gasteiger partial charge >= 0.3 is 0 Å². The van der Waals surface area contributed by atoms with E-state index in [1.165, 1.54) is 6.42 Å². The normalized spacial score (nSPS) is 25.3. The molecule has 0 bridgehead atoms. The molecular weight excluding hydrogens is 107 g/mol. The van der Waals surface area contributed by atoms with Crippen molar-refractivity contribution >= 4 is 7.85 Å². The van der Waals surface area contributed by atoms with Crippen molar-refractivity contribution in [3.63, 3.8) is 0 Å². The number of allylic oxidation sites excluding steroid dienone is 2. The smallest absolute Gasteiger partial charge is 0.107 e. The quantitative estimate of drug-likeness (QED) is 0.430. The van der Waals surface area contributed by atoms with E-state index in [9.17, 15) is 0 Å². The minimum absolute atomic E-state index is 0.503. The summed E-state index contributed by atoms with van der Waals surface area (Å²) in [7, 11) is 5.62. The van der Waals surface area contributed by atoms with Crippen molar-refractivity contribution in [2.75, 3.05) is 0 Å². The first-order valence-corrected chi connectivity index (χ1v) is 3.55. The van der Waals surface area contributed by atoms with Crippen molar-refractivity contribution in [2.24, 2.45) is 5.41 Å². The van der Waals surface area contributed by atoms with Gasteiger partial charge in [-0.3, -0.25) is 0 Å². The fourth-order valence-corrected chi connectivity index (χ4v) is 1.09. The fourth-order valence-electron chi connectivity index (χ4n) is 1.09. The lowest BCUT2D eigenvalue weighted by molar-refractivity contribution is 0.329. The highest BCUT2D eigenvalue weighted by atomic mass is 14.2. The summed E-state index contributed by atoms with van der Waals surface area (Å²) >= 11 is 0. The van der Waals surface area contributed by atoms with E-state index in [1.54, 1.807) is 0 Å². The molecule has 0 amide bonds. The largest absolute Gasteiger partial charge is 0.122 e. The summed E-state index contributed by atoms with van der Waals surface area (Å²) in [5, 5.41) is 0. The third kappa shape index (κ3) is 1.89. The van der Waals surface area contributed by atoms with Crippen LogP contribution < -0.4 is 0 Å². The highest BCUT2D eigenvalue weighted by Crippen LogP contribution is 2.32. The van der Waals surface area contributed by atoms with Crippen LogP contribution in [0.3, 0.4) is 0 Å². The molecule has 0 aliphatic heterocycles. The van der Waals surface area contributed by atoms with Gasteiger partial charge in [0.05, 0.1) is 0 Å². The second-order valence-electron chi connectivity index (χ2n) is 3.65. The molecule has 0 aromatic carbocycles. The average molecular weight is 120 g/mol. The van der Waals surface area contributed by atoms with Crippen molar-refractivity contribution in [3.05, 3.63) is 11.5 Å². The first kappa shape index (κ1) is 6.92. The molecule has 1 rings (SSSR count). The monoisotopic (exact) mass is 120 g/mol. The Bertz CT molecular complexity index is 134. The lowest BCUT2D eigenvalue weighted by Gasteiger charge is -2.27. The fraction of sp³-hybridized carbons (Fsp3) is 0.750. The molecule has 1 aliphatic carbocycles. The zero-order chi connectivity index (χ0) is 6.91. The molecule has 0 spiro atoms. The van der Waals surface area contributed by atoms with Crippen LogP contribution in [0.25, 0.3) is 0 Å². The zero-order valence-corrected chi connectivity index (χ0v) is 6.28. The van der Waals surface area contributed by atoms with E-state index >= 15 is 0 Å². The SMILES string of the molecule is [B]C1=CCC(C)(C)CC1. The van der Waals surface area contributed by atoms with Gasteiger partial charge in [0.15, 0.2) is 0 Å². The third-order valence-electron chi connectivity index (χ3n) is 2.01. The van der Waals surface area contributed by atoms with E-state index in [0.29, 0.717) is 5.41 Å². The molecule has 1 aliphatic rings. The highest BCUT2D eigenvalue weighted by Gasteiger charge is 2.18. The molecule has 0 saturated carbocycles. The van der Waals surface area contributed by atoms with Crippen LogP contribution in [0.1, 0.15) is 33.1 Å². The van der Waals surface area contributed by atoms with E-state index in [2.05, 4.69) is 19.9 Å². The summed E-state index contributed by atoms with van der Waals surface area (Å²) in [6, 6.07) is 0. The predicted octanol–water partition coefficient (Wildman–Crippen LogP) is 2.25. The summed E-state index contributed by atoms with van der Waals surface area (Å²) in [4.78, 5) is 0. The topological polar surface area (TPSA) is 0 Å². The summed E-state index contributed by atoms with van der Waals surface area (Å²) in [5.74, 6) is 0. The second kappa shape index (κ2) is 2.20. The molecule has 0 aromatic rings. The van der Waals surface area contributed by atoms with Gasteiger partial charge in [0, 0.05) is 0 Å². The maximum Gasteiger partial charge on any atom is 0.107 e. The molecule has 0 atom stereocenters. The predicted molar refractivity (Wildman–Crippen MR) is 41.5 cm³/mol. The van der Waals surface area contributed by atoms with Gasteiger partial charge < -0.3 is 0 Å². The van der Waals surface area contributed by atoms with Crippen molar-refractivity contribution in [1.29, 1.82) is 0 Å². The average Bonchev–Trinajstić information content (AvgIpc) is 1.78. The van der Waals surface area contributed by atoms with Gasteiger partial charge in [0.1, 0.15) is 7.85 Å². The molecule has 0 heterocycles. The third-order valence-corrected chi connectivity index (χ3v) is 2.01. The first-order valence-electron chi connectivity index (χ1n) is 3.55. The van der Waals surface area contributed by atoms with Crippen LogP contribution in [0.15, 0.2) is 11.5 Å². The van der Waals surface area contributed by atoms with E-state index < -0.39 is 0 Å². The number of rotatable bonds is 0. The molecule has 0 aromatic heterocycles. The first-order chi connectivity index (χ1) is 4.10. The van der Waals surface area contributed by atoms with Gasteiger partial charge in [0.2, 0.25) is 0 Å². The molecule has 0 nitrogen and oxygen atoms in total. The van der Waals surface area contributed by atoms with Crippen LogP contribution >= 0.6 is 0 Å².